The van der Waals surface area contributed by atoms with Crippen molar-refractivity contribution in [3.63, 3.8) is 0 Å². The molecule has 1 heterocycles. The predicted molar refractivity (Wildman–Crippen MR) is 86.4 cm³/mol. The summed E-state index contributed by atoms with van der Waals surface area (Å²) in [7, 11) is 7.30. The molecule has 0 radical (unpaired) electrons. The van der Waals surface area contributed by atoms with Gasteiger partial charge in [0.15, 0.2) is 0 Å². The van der Waals surface area contributed by atoms with Crippen LogP contribution in [0.5, 0.6) is 0 Å². The number of piperidine rings is 1. The Morgan fingerprint density at radius 3 is 2.55 bits per heavy atom. The van der Waals surface area contributed by atoms with Crippen LogP contribution >= 0.6 is 0 Å². The first-order valence-electron chi connectivity index (χ1n) is 7.76. The molecule has 0 aromatic carbocycles. The molecule has 0 unspecified atom stereocenters. The van der Waals surface area contributed by atoms with Crippen molar-refractivity contribution in [3.8, 4) is 0 Å². The van der Waals surface area contributed by atoms with Gasteiger partial charge in [-0.05, 0) is 33.4 Å². The Kier molecular flexibility index (Phi) is 7.03. The zero-order valence-electron chi connectivity index (χ0n) is 14.2. The van der Waals surface area contributed by atoms with Gasteiger partial charge in [-0.1, -0.05) is 6.08 Å². The number of aliphatic hydroxyl groups is 1. The highest BCUT2D eigenvalue weighted by Gasteiger charge is 2.34. The number of amides is 2. The number of rotatable bonds is 6. The Labute approximate surface area is 133 Å². The van der Waals surface area contributed by atoms with Gasteiger partial charge in [0.05, 0.1) is 5.60 Å². The normalized spacial score (nSPS) is 22.4. The first kappa shape index (κ1) is 18.6. The van der Waals surface area contributed by atoms with Crippen LogP contribution in [0.1, 0.15) is 25.7 Å². The molecule has 0 bridgehead atoms. The minimum atomic E-state index is -0.949. The molecular weight excluding hydrogens is 282 g/mol. The Hall–Kier alpha value is -1.40. The van der Waals surface area contributed by atoms with Gasteiger partial charge in [-0.3, -0.25) is 9.59 Å². The molecule has 1 fully saturated rings. The molecule has 1 aliphatic rings. The van der Waals surface area contributed by atoms with Crippen molar-refractivity contribution in [2.45, 2.75) is 31.3 Å². The van der Waals surface area contributed by atoms with Gasteiger partial charge < -0.3 is 19.8 Å². The summed E-state index contributed by atoms with van der Waals surface area (Å²) in [5, 5.41) is 10.6. The quantitative estimate of drug-likeness (QED) is 0.718. The van der Waals surface area contributed by atoms with Crippen LogP contribution in [-0.4, -0.2) is 85.0 Å². The van der Waals surface area contributed by atoms with Crippen molar-refractivity contribution in [1.82, 2.24) is 14.7 Å². The summed E-state index contributed by atoms with van der Waals surface area (Å²) in [5.41, 5.74) is -0.949. The van der Waals surface area contributed by atoms with Crippen molar-refractivity contribution in [1.29, 1.82) is 0 Å². The van der Waals surface area contributed by atoms with Crippen molar-refractivity contribution in [2.75, 3.05) is 47.8 Å². The van der Waals surface area contributed by atoms with Gasteiger partial charge in [-0.2, -0.15) is 0 Å². The predicted octanol–water partition coefficient (Wildman–Crippen LogP) is 0.326. The minimum absolute atomic E-state index is 0.00255. The van der Waals surface area contributed by atoms with Gasteiger partial charge in [-0.15, -0.1) is 0 Å². The number of β-amino-alcohol motifs (C(OH)–C–C–N with tert-alkyl or cyclic N) is 1. The molecular formula is C16H29N3O3. The largest absolute Gasteiger partial charge is 0.388 e. The Morgan fingerprint density at radius 2 is 1.95 bits per heavy atom. The maximum absolute atomic E-state index is 12.1. The van der Waals surface area contributed by atoms with Crippen LogP contribution in [0.25, 0.3) is 0 Å². The average Bonchev–Trinajstić information content (AvgIpc) is 2.44. The molecule has 1 rings (SSSR count). The topological polar surface area (TPSA) is 64.1 Å². The Morgan fingerprint density at radius 1 is 1.27 bits per heavy atom. The van der Waals surface area contributed by atoms with E-state index in [1.54, 1.807) is 25.1 Å². The summed E-state index contributed by atoms with van der Waals surface area (Å²) in [6.45, 7) is 1.68. The summed E-state index contributed by atoms with van der Waals surface area (Å²) in [5.74, 6) is -0.0679. The lowest BCUT2D eigenvalue weighted by Crippen LogP contribution is -2.50. The number of likely N-dealkylation sites (N-methyl/N-ethyl adjacent to an activating group) is 1. The summed E-state index contributed by atoms with van der Waals surface area (Å²) in [4.78, 5) is 29.0. The molecule has 0 spiro atoms. The van der Waals surface area contributed by atoms with E-state index in [0.29, 0.717) is 38.9 Å². The van der Waals surface area contributed by atoms with Gasteiger partial charge in [0, 0.05) is 46.2 Å². The highest BCUT2D eigenvalue weighted by atomic mass is 16.3. The standard InChI is InChI=1S/C16H29N3O3/c1-17(2)11-5-7-15(21)19-12-6-9-16(22,13-19)10-8-14(20)18(3)4/h5,7,22H,6,8-13H2,1-4H3/b7-5+/t16-/m1/s1. The van der Waals surface area contributed by atoms with Gasteiger partial charge in [0.2, 0.25) is 11.8 Å². The van der Waals surface area contributed by atoms with Crippen molar-refractivity contribution in [3.05, 3.63) is 12.2 Å². The van der Waals surface area contributed by atoms with E-state index in [1.807, 2.05) is 25.1 Å². The third-order valence-electron chi connectivity index (χ3n) is 3.90. The van der Waals surface area contributed by atoms with Gasteiger partial charge in [0.1, 0.15) is 0 Å². The highest BCUT2D eigenvalue weighted by Crippen LogP contribution is 2.26. The first-order valence-corrected chi connectivity index (χ1v) is 7.76. The molecule has 0 saturated carbocycles. The van der Waals surface area contributed by atoms with E-state index in [4.69, 9.17) is 0 Å². The summed E-state index contributed by atoms with van der Waals surface area (Å²) >= 11 is 0. The van der Waals surface area contributed by atoms with Crippen LogP contribution in [0.3, 0.4) is 0 Å². The SMILES string of the molecule is CN(C)C/C=C/C(=O)N1CCC[C@@](O)(CCC(=O)N(C)C)C1. The van der Waals surface area contributed by atoms with Crippen LogP contribution in [0.4, 0.5) is 0 Å². The molecule has 1 saturated heterocycles. The lowest BCUT2D eigenvalue weighted by molar-refractivity contribution is -0.135. The van der Waals surface area contributed by atoms with Gasteiger partial charge >= 0.3 is 0 Å². The molecule has 0 aromatic heterocycles. The van der Waals surface area contributed by atoms with E-state index in [2.05, 4.69) is 0 Å². The summed E-state index contributed by atoms with van der Waals surface area (Å²) in [6.07, 6.45) is 5.50. The van der Waals surface area contributed by atoms with E-state index < -0.39 is 5.60 Å². The second-order valence-electron chi connectivity index (χ2n) is 6.54. The fourth-order valence-corrected chi connectivity index (χ4v) is 2.54. The summed E-state index contributed by atoms with van der Waals surface area (Å²) < 4.78 is 0. The number of likely N-dealkylation sites (tertiary alicyclic amines) is 1. The van der Waals surface area contributed by atoms with Crippen LogP contribution in [-0.2, 0) is 9.59 Å². The molecule has 1 N–H and O–H groups in total. The molecule has 6 heteroatoms. The maximum Gasteiger partial charge on any atom is 0.246 e. The maximum atomic E-state index is 12.1. The summed E-state index contributed by atoms with van der Waals surface area (Å²) in [6, 6.07) is 0. The smallest absolute Gasteiger partial charge is 0.246 e. The number of nitrogens with zero attached hydrogens (tertiary/aromatic N) is 3. The van der Waals surface area contributed by atoms with E-state index in [-0.39, 0.29) is 11.8 Å². The molecule has 0 aromatic rings. The Bertz CT molecular complexity index is 421. The van der Waals surface area contributed by atoms with E-state index in [9.17, 15) is 14.7 Å². The molecule has 126 valence electrons. The monoisotopic (exact) mass is 311 g/mol. The van der Waals surface area contributed by atoms with Gasteiger partial charge in [-0.25, -0.2) is 0 Å². The van der Waals surface area contributed by atoms with Gasteiger partial charge in [0.25, 0.3) is 0 Å². The first-order chi connectivity index (χ1) is 10.2. The molecule has 0 aliphatic carbocycles. The van der Waals surface area contributed by atoms with Crippen LogP contribution < -0.4 is 0 Å². The van der Waals surface area contributed by atoms with Crippen molar-refractivity contribution < 1.29 is 14.7 Å². The highest BCUT2D eigenvalue weighted by molar-refractivity contribution is 5.87. The zero-order valence-corrected chi connectivity index (χ0v) is 14.2. The van der Waals surface area contributed by atoms with E-state index >= 15 is 0 Å². The molecule has 22 heavy (non-hydrogen) atoms. The second-order valence-corrected chi connectivity index (χ2v) is 6.54. The van der Waals surface area contributed by atoms with E-state index in [0.717, 1.165) is 6.42 Å². The van der Waals surface area contributed by atoms with Crippen molar-refractivity contribution in [2.24, 2.45) is 0 Å². The minimum Gasteiger partial charge on any atom is -0.388 e. The Balaban J connectivity index is 2.53. The number of hydrogen-bond acceptors (Lipinski definition) is 4. The third-order valence-corrected chi connectivity index (χ3v) is 3.90. The molecule has 2 amide bonds. The second kappa shape index (κ2) is 8.29. The lowest BCUT2D eigenvalue weighted by atomic mass is 9.88. The third kappa shape index (κ3) is 6.15. The number of hydrogen-bond donors (Lipinski definition) is 1. The van der Waals surface area contributed by atoms with Crippen molar-refractivity contribution >= 4 is 11.8 Å². The lowest BCUT2D eigenvalue weighted by Gasteiger charge is -2.39. The fraction of sp³-hybridized carbons (Fsp3) is 0.750. The molecule has 1 atom stereocenters. The van der Waals surface area contributed by atoms with E-state index in [1.165, 1.54) is 4.90 Å². The number of carbonyl (C=O) groups is 2. The van der Waals surface area contributed by atoms with Crippen LogP contribution in [0.15, 0.2) is 12.2 Å². The van der Waals surface area contributed by atoms with Crippen LogP contribution in [0.2, 0.25) is 0 Å². The molecule has 1 aliphatic heterocycles. The average molecular weight is 311 g/mol. The van der Waals surface area contributed by atoms with Crippen LogP contribution in [0, 0.1) is 0 Å². The fourth-order valence-electron chi connectivity index (χ4n) is 2.54. The molecule has 6 nitrogen and oxygen atoms in total. The number of carbonyl (C=O) groups excluding carboxylic acids is 2. The zero-order chi connectivity index (χ0) is 16.8.